The molecule has 0 atom stereocenters. The van der Waals surface area contributed by atoms with E-state index in [1.807, 2.05) is 0 Å². The molecule has 1 rings (SSSR count). The lowest BCUT2D eigenvalue weighted by atomic mass is 10.1. The molecule has 0 saturated heterocycles. The largest absolute Gasteiger partial charge is 0.388 e. The van der Waals surface area contributed by atoms with Gasteiger partial charge in [0.05, 0.1) is 0 Å². The number of carbonyl (C=O) groups excluding carboxylic acids is 1. The van der Waals surface area contributed by atoms with Crippen molar-refractivity contribution in [1.82, 2.24) is 0 Å². The van der Waals surface area contributed by atoms with Crippen LogP contribution in [0, 0.1) is 5.82 Å². The Balaban J connectivity index is 3.01. The highest BCUT2D eigenvalue weighted by atomic mass is 19.1. The molecule has 12 heavy (non-hydrogen) atoms. The van der Waals surface area contributed by atoms with Gasteiger partial charge in [-0.25, -0.2) is 4.39 Å². The molecule has 0 radical (unpaired) electrons. The van der Waals surface area contributed by atoms with Crippen LogP contribution in [0.1, 0.15) is 5.56 Å². The number of nitrogens with one attached hydrogen (secondary N) is 1. The van der Waals surface area contributed by atoms with Gasteiger partial charge in [-0.1, -0.05) is 6.07 Å². The first-order chi connectivity index (χ1) is 5.77. The molecule has 0 bridgehead atoms. The van der Waals surface area contributed by atoms with Gasteiger partial charge in [0, 0.05) is 19.2 Å². The quantitative estimate of drug-likeness (QED) is 0.693. The Morgan fingerprint density at radius 3 is 2.92 bits per heavy atom. The summed E-state index contributed by atoms with van der Waals surface area (Å²) in [6, 6.07) is 4.33. The van der Waals surface area contributed by atoms with Gasteiger partial charge in [0.1, 0.15) is 12.1 Å². The highest BCUT2D eigenvalue weighted by Crippen LogP contribution is 2.16. The molecule has 0 fully saturated rings. The van der Waals surface area contributed by atoms with Crippen molar-refractivity contribution in [2.45, 2.75) is 6.42 Å². The van der Waals surface area contributed by atoms with Crippen LogP contribution in [0.2, 0.25) is 0 Å². The Hall–Kier alpha value is -1.38. The Labute approximate surface area is 70.4 Å². The van der Waals surface area contributed by atoms with Gasteiger partial charge in [-0.2, -0.15) is 0 Å². The minimum Gasteiger partial charge on any atom is -0.388 e. The van der Waals surface area contributed by atoms with Gasteiger partial charge in [0.15, 0.2) is 0 Å². The molecule has 0 heterocycles. The van der Waals surface area contributed by atoms with E-state index in [0.29, 0.717) is 12.1 Å². The van der Waals surface area contributed by atoms with Crippen LogP contribution in [-0.4, -0.2) is 13.3 Å². The summed E-state index contributed by atoms with van der Waals surface area (Å²) in [5.41, 5.74) is 1.48. The lowest BCUT2D eigenvalue weighted by Crippen LogP contribution is -1.96. The molecular formula is C9H10FNO. The first-order valence-electron chi connectivity index (χ1n) is 3.67. The monoisotopic (exact) mass is 167 g/mol. The zero-order chi connectivity index (χ0) is 8.97. The van der Waals surface area contributed by atoms with Crippen molar-refractivity contribution in [2.24, 2.45) is 0 Å². The molecule has 0 aliphatic heterocycles. The highest BCUT2D eigenvalue weighted by molar-refractivity contribution is 5.62. The maximum atomic E-state index is 12.6. The van der Waals surface area contributed by atoms with Crippen LogP contribution in [0.15, 0.2) is 18.2 Å². The van der Waals surface area contributed by atoms with Crippen LogP contribution >= 0.6 is 0 Å². The predicted octanol–water partition coefficient (Wildman–Crippen LogP) is 1.61. The van der Waals surface area contributed by atoms with Crippen molar-refractivity contribution in [3.8, 4) is 0 Å². The van der Waals surface area contributed by atoms with E-state index in [1.165, 1.54) is 12.1 Å². The first-order valence-corrected chi connectivity index (χ1v) is 3.67. The lowest BCUT2D eigenvalue weighted by molar-refractivity contribution is -0.107. The molecule has 0 aliphatic rings. The third-order valence-electron chi connectivity index (χ3n) is 1.64. The minimum atomic E-state index is -0.297. The predicted molar refractivity (Wildman–Crippen MR) is 45.7 cm³/mol. The number of hydrogen-bond acceptors (Lipinski definition) is 2. The summed E-state index contributed by atoms with van der Waals surface area (Å²) in [5.74, 6) is -0.297. The summed E-state index contributed by atoms with van der Waals surface area (Å²) >= 11 is 0. The lowest BCUT2D eigenvalue weighted by Gasteiger charge is -2.05. The summed E-state index contributed by atoms with van der Waals surface area (Å²) in [4.78, 5) is 10.2. The Morgan fingerprint density at radius 2 is 2.33 bits per heavy atom. The zero-order valence-electron chi connectivity index (χ0n) is 6.80. The second-order valence-corrected chi connectivity index (χ2v) is 2.42. The summed E-state index contributed by atoms with van der Waals surface area (Å²) in [6.45, 7) is 0. The van der Waals surface area contributed by atoms with Gasteiger partial charge in [0.2, 0.25) is 0 Å². The van der Waals surface area contributed by atoms with Gasteiger partial charge >= 0.3 is 0 Å². The molecule has 1 aromatic rings. The number of aldehydes is 1. The van der Waals surface area contributed by atoms with E-state index in [9.17, 15) is 9.18 Å². The molecule has 64 valence electrons. The Bertz CT molecular complexity index is 286. The molecule has 1 N–H and O–H groups in total. The first kappa shape index (κ1) is 8.71. The molecule has 0 amide bonds. The maximum absolute atomic E-state index is 12.6. The SMILES string of the molecule is CNc1cc(F)ccc1CC=O. The van der Waals surface area contributed by atoms with Crippen molar-refractivity contribution in [2.75, 3.05) is 12.4 Å². The third-order valence-corrected chi connectivity index (χ3v) is 1.64. The van der Waals surface area contributed by atoms with Crippen molar-refractivity contribution < 1.29 is 9.18 Å². The van der Waals surface area contributed by atoms with Crippen molar-refractivity contribution >= 4 is 12.0 Å². The number of rotatable bonds is 3. The van der Waals surface area contributed by atoms with E-state index in [-0.39, 0.29) is 5.82 Å². The van der Waals surface area contributed by atoms with Crippen LogP contribution in [0.3, 0.4) is 0 Å². The topological polar surface area (TPSA) is 29.1 Å². The fourth-order valence-electron chi connectivity index (χ4n) is 1.05. The summed E-state index contributed by atoms with van der Waals surface area (Å²) < 4.78 is 12.6. The van der Waals surface area contributed by atoms with E-state index < -0.39 is 0 Å². The van der Waals surface area contributed by atoms with Crippen molar-refractivity contribution in [3.05, 3.63) is 29.6 Å². The highest BCUT2D eigenvalue weighted by Gasteiger charge is 2.00. The molecule has 3 heteroatoms. The molecular weight excluding hydrogens is 157 g/mol. The van der Waals surface area contributed by atoms with E-state index in [2.05, 4.69) is 5.32 Å². The van der Waals surface area contributed by atoms with Gasteiger partial charge in [-0.05, 0) is 17.7 Å². The van der Waals surface area contributed by atoms with Gasteiger partial charge in [-0.15, -0.1) is 0 Å². The standard InChI is InChI=1S/C9H10FNO/c1-11-9-6-8(10)3-2-7(9)4-5-12/h2-3,5-6,11H,4H2,1H3. The number of benzene rings is 1. The van der Waals surface area contributed by atoms with Gasteiger partial charge < -0.3 is 10.1 Å². The Morgan fingerprint density at radius 1 is 1.58 bits per heavy atom. The van der Waals surface area contributed by atoms with Crippen LogP contribution in [0.5, 0.6) is 0 Å². The van der Waals surface area contributed by atoms with Crippen LogP contribution in [-0.2, 0) is 11.2 Å². The summed E-state index contributed by atoms with van der Waals surface area (Å²) in [6.07, 6.45) is 1.12. The zero-order valence-corrected chi connectivity index (χ0v) is 6.80. The second-order valence-electron chi connectivity index (χ2n) is 2.42. The fourth-order valence-corrected chi connectivity index (χ4v) is 1.05. The van der Waals surface area contributed by atoms with Crippen LogP contribution in [0.4, 0.5) is 10.1 Å². The average Bonchev–Trinajstić information content (AvgIpc) is 2.08. The average molecular weight is 167 g/mol. The van der Waals surface area contributed by atoms with Gasteiger partial charge in [0.25, 0.3) is 0 Å². The smallest absolute Gasteiger partial charge is 0.125 e. The third kappa shape index (κ3) is 1.81. The van der Waals surface area contributed by atoms with Gasteiger partial charge in [-0.3, -0.25) is 0 Å². The van der Waals surface area contributed by atoms with Crippen molar-refractivity contribution in [3.63, 3.8) is 0 Å². The molecule has 0 saturated carbocycles. The fraction of sp³-hybridized carbons (Fsp3) is 0.222. The van der Waals surface area contributed by atoms with E-state index in [4.69, 9.17) is 0 Å². The molecule has 2 nitrogen and oxygen atoms in total. The van der Waals surface area contributed by atoms with E-state index >= 15 is 0 Å². The normalized spacial score (nSPS) is 9.50. The second kappa shape index (κ2) is 3.85. The molecule has 0 spiro atoms. The Kier molecular flexibility index (Phi) is 2.80. The maximum Gasteiger partial charge on any atom is 0.125 e. The number of halogens is 1. The molecule has 0 aliphatic carbocycles. The van der Waals surface area contributed by atoms with E-state index in [0.717, 1.165) is 11.8 Å². The van der Waals surface area contributed by atoms with E-state index in [1.54, 1.807) is 13.1 Å². The summed E-state index contributed by atoms with van der Waals surface area (Å²) in [5, 5.41) is 2.82. The molecule has 0 unspecified atom stereocenters. The number of carbonyl (C=O) groups is 1. The van der Waals surface area contributed by atoms with Crippen LogP contribution in [0.25, 0.3) is 0 Å². The van der Waals surface area contributed by atoms with Crippen LogP contribution < -0.4 is 5.32 Å². The minimum absolute atomic E-state index is 0.297. The summed E-state index contributed by atoms with van der Waals surface area (Å²) in [7, 11) is 1.70. The number of hydrogen-bond donors (Lipinski definition) is 1. The molecule has 1 aromatic carbocycles. The van der Waals surface area contributed by atoms with Crippen molar-refractivity contribution in [1.29, 1.82) is 0 Å². The molecule has 0 aromatic heterocycles. The number of anilines is 1.